The Bertz CT molecular complexity index is 425. The van der Waals surface area contributed by atoms with Crippen molar-refractivity contribution in [1.82, 2.24) is 0 Å². The van der Waals surface area contributed by atoms with E-state index in [0.717, 1.165) is 19.3 Å². The zero-order valence-electron chi connectivity index (χ0n) is 12.8. The van der Waals surface area contributed by atoms with Crippen molar-refractivity contribution in [2.75, 3.05) is 7.11 Å². The van der Waals surface area contributed by atoms with Gasteiger partial charge in [-0.05, 0) is 35.4 Å². The van der Waals surface area contributed by atoms with Crippen LogP contribution >= 0.6 is 0 Å². The monoisotopic (exact) mass is 262 g/mol. The fourth-order valence-corrected chi connectivity index (χ4v) is 2.76. The van der Waals surface area contributed by atoms with Crippen LogP contribution in [0, 0.1) is 5.92 Å². The van der Waals surface area contributed by atoms with E-state index in [9.17, 15) is 4.79 Å². The number of rotatable bonds is 6. The number of esters is 1. The maximum Gasteiger partial charge on any atom is 0.337 e. The van der Waals surface area contributed by atoms with Gasteiger partial charge in [0.1, 0.15) is 0 Å². The second-order valence-corrected chi connectivity index (χ2v) is 5.55. The summed E-state index contributed by atoms with van der Waals surface area (Å²) in [5.41, 5.74) is 2.00. The Kier molecular flexibility index (Phi) is 5.59. The molecular weight excluding hydrogens is 236 g/mol. The quantitative estimate of drug-likeness (QED) is 0.702. The van der Waals surface area contributed by atoms with Crippen LogP contribution in [0.2, 0.25) is 0 Å². The van der Waals surface area contributed by atoms with Crippen molar-refractivity contribution in [3.8, 4) is 0 Å². The number of hydrogen-bond donors (Lipinski definition) is 0. The molecule has 0 saturated carbocycles. The first kappa shape index (κ1) is 15.7. The topological polar surface area (TPSA) is 26.3 Å². The van der Waals surface area contributed by atoms with Gasteiger partial charge in [0, 0.05) is 0 Å². The highest BCUT2D eigenvalue weighted by atomic mass is 16.5. The van der Waals surface area contributed by atoms with Gasteiger partial charge in [-0.3, -0.25) is 0 Å². The van der Waals surface area contributed by atoms with Crippen LogP contribution in [0.15, 0.2) is 24.3 Å². The Labute approximate surface area is 117 Å². The number of benzene rings is 1. The minimum atomic E-state index is -0.259. The van der Waals surface area contributed by atoms with Crippen molar-refractivity contribution < 1.29 is 9.53 Å². The maximum absolute atomic E-state index is 11.7. The minimum absolute atomic E-state index is 0.119. The van der Waals surface area contributed by atoms with Gasteiger partial charge in [0.05, 0.1) is 12.7 Å². The van der Waals surface area contributed by atoms with E-state index in [1.165, 1.54) is 12.7 Å². The molecular formula is C17H26O2. The second-order valence-electron chi connectivity index (χ2n) is 5.55. The number of hydrogen-bond acceptors (Lipinski definition) is 2. The predicted octanol–water partition coefficient (Wildman–Crippen LogP) is 4.58. The van der Waals surface area contributed by atoms with Crippen molar-refractivity contribution >= 4 is 5.97 Å². The molecule has 0 radical (unpaired) electrons. The molecule has 2 atom stereocenters. The Morgan fingerprint density at radius 1 is 1.37 bits per heavy atom. The standard InChI is InChI=1S/C17H26O2/c1-6-11-17(4,13(3)7-2)15-10-8-9-14(12-15)16(18)19-5/h8-10,12-13H,6-7,11H2,1-5H3/t13-,17+/m0/s1. The third-order valence-electron chi connectivity index (χ3n) is 4.41. The zero-order valence-corrected chi connectivity index (χ0v) is 12.8. The van der Waals surface area contributed by atoms with Crippen LogP contribution in [0.1, 0.15) is 62.9 Å². The third kappa shape index (κ3) is 3.37. The van der Waals surface area contributed by atoms with E-state index < -0.39 is 0 Å². The maximum atomic E-state index is 11.7. The number of carbonyl (C=O) groups excluding carboxylic acids is 1. The van der Waals surface area contributed by atoms with Crippen molar-refractivity contribution in [3.05, 3.63) is 35.4 Å². The van der Waals surface area contributed by atoms with Crippen molar-refractivity contribution in [3.63, 3.8) is 0 Å². The summed E-state index contributed by atoms with van der Waals surface area (Å²) >= 11 is 0. The lowest BCUT2D eigenvalue weighted by Crippen LogP contribution is -2.30. The summed E-state index contributed by atoms with van der Waals surface area (Å²) in [6.45, 7) is 9.04. The summed E-state index contributed by atoms with van der Waals surface area (Å²) in [4.78, 5) is 11.7. The number of ether oxygens (including phenoxy) is 1. The molecule has 0 bridgehead atoms. The molecule has 0 aliphatic rings. The van der Waals surface area contributed by atoms with Crippen LogP contribution in [-0.2, 0) is 10.2 Å². The molecule has 0 fully saturated rings. The molecule has 106 valence electrons. The van der Waals surface area contributed by atoms with E-state index in [-0.39, 0.29) is 11.4 Å². The molecule has 0 amide bonds. The van der Waals surface area contributed by atoms with Crippen LogP contribution in [0.25, 0.3) is 0 Å². The normalized spacial score (nSPS) is 15.6. The zero-order chi connectivity index (χ0) is 14.5. The summed E-state index contributed by atoms with van der Waals surface area (Å²) in [6.07, 6.45) is 3.41. The summed E-state index contributed by atoms with van der Waals surface area (Å²) in [5.74, 6) is 0.324. The van der Waals surface area contributed by atoms with Crippen molar-refractivity contribution in [2.45, 2.75) is 52.4 Å². The van der Waals surface area contributed by atoms with E-state index in [1.54, 1.807) is 0 Å². The number of methoxy groups -OCH3 is 1. The SMILES string of the molecule is CCC[C@@](C)(c1cccc(C(=O)OC)c1)[C@@H](C)CC. The molecule has 0 spiro atoms. The van der Waals surface area contributed by atoms with E-state index in [4.69, 9.17) is 4.74 Å². The van der Waals surface area contributed by atoms with Gasteiger partial charge in [0.15, 0.2) is 0 Å². The van der Waals surface area contributed by atoms with Gasteiger partial charge in [0.2, 0.25) is 0 Å². The van der Waals surface area contributed by atoms with E-state index in [2.05, 4.69) is 33.8 Å². The van der Waals surface area contributed by atoms with E-state index in [1.807, 2.05) is 18.2 Å². The van der Waals surface area contributed by atoms with E-state index >= 15 is 0 Å². The molecule has 19 heavy (non-hydrogen) atoms. The molecule has 0 aliphatic heterocycles. The molecule has 2 nitrogen and oxygen atoms in total. The molecule has 0 N–H and O–H groups in total. The molecule has 2 heteroatoms. The van der Waals surface area contributed by atoms with Crippen LogP contribution in [0.4, 0.5) is 0 Å². The van der Waals surface area contributed by atoms with Gasteiger partial charge in [0.25, 0.3) is 0 Å². The average molecular weight is 262 g/mol. The highest BCUT2D eigenvalue weighted by Gasteiger charge is 2.31. The Morgan fingerprint density at radius 3 is 2.58 bits per heavy atom. The summed E-state index contributed by atoms with van der Waals surface area (Å²) in [6, 6.07) is 7.90. The smallest absolute Gasteiger partial charge is 0.337 e. The largest absolute Gasteiger partial charge is 0.465 e. The average Bonchev–Trinajstić information content (AvgIpc) is 2.45. The van der Waals surface area contributed by atoms with Crippen LogP contribution in [0.5, 0.6) is 0 Å². The molecule has 1 aromatic rings. The lowest BCUT2D eigenvalue weighted by Gasteiger charge is -2.36. The molecule has 0 unspecified atom stereocenters. The second kappa shape index (κ2) is 6.74. The Morgan fingerprint density at radius 2 is 2.05 bits per heavy atom. The van der Waals surface area contributed by atoms with Gasteiger partial charge < -0.3 is 4.74 Å². The Balaban J connectivity index is 3.20. The molecule has 0 aromatic heterocycles. The Hall–Kier alpha value is -1.31. The van der Waals surface area contributed by atoms with E-state index in [0.29, 0.717) is 11.5 Å². The van der Waals surface area contributed by atoms with Gasteiger partial charge in [-0.1, -0.05) is 52.7 Å². The summed E-state index contributed by atoms with van der Waals surface area (Å²) in [5, 5.41) is 0. The first-order valence-electron chi connectivity index (χ1n) is 7.18. The van der Waals surface area contributed by atoms with Gasteiger partial charge in [-0.15, -0.1) is 0 Å². The third-order valence-corrected chi connectivity index (χ3v) is 4.41. The first-order valence-corrected chi connectivity index (χ1v) is 7.18. The van der Waals surface area contributed by atoms with Gasteiger partial charge in [-0.25, -0.2) is 4.79 Å². The van der Waals surface area contributed by atoms with Crippen LogP contribution < -0.4 is 0 Å². The summed E-state index contributed by atoms with van der Waals surface area (Å²) in [7, 11) is 1.43. The molecule has 0 aliphatic carbocycles. The lowest BCUT2D eigenvalue weighted by atomic mass is 9.68. The predicted molar refractivity (Wildman–Crippen MR) is 79.5 cm³/mol. The lowest BCUT2D eigenvalue weighted by molar-refractivity contribution is 0.0600. The molecule has 0 heterocycles. The minimum Gasteiger partial charge on any atom is -0.465 e. The molecule has 1 aromatic carbocycles. The van der Waals surface area contributed by atoms with Crippen LogP contribution in [0.3, 0.4) is 0 Å². The van der Waals surface area contributed by atoms with Gasteiger partial charge >= 0.3 is 5.97 Å². The number of carbonyl (C=O) groups is 1. The fraction of sp³-hybridized carbons (Fsp3) is 0.588. The molecule has 1 rings (SSSR count). The first-order chi connectivity index (χ1) is 8.99. The molecule has 0 saturated heterocycles. The van der Waals surface area contributed by atoms with Gasteiger partial charge in [-0.2, -0.15) is 0 Å². The summed E-state index contributed by atoms with van der Waals surface area (Å²) < 4.78 is 4.81. The highest BCUT2D eigenvalue weighted by molar-refractivity contribution is 5.89. The fourth-order valence-electron chi connectivity index (χ4n) is 2.76. The van der Waals surface area contributed by atoms with Crippen LogP contribution in [-0.4, -0.2) is 13.1 Å². The van der Waals surface area contributed by atoms with Crippen molar-refractivity contribution in [2.24, 2.45) is 5.92 Å². The highest BCUT2D eigenvalue weighted by Crippen LogP contribution is 2.38. The van der Waals surface area contributed by atoms with Crippen molar-refractivity contribution in [1.29, 1.82) is 0 Å².